The Balaban J connectivity index is 3.47. The van der Waals surface area contributed by atoms with Crippen LogP contribution in [0.5, 0.6) is 0 Å². The first-order valence-corrected chi connectivity index (χ1v) is 7.10. The molecule has 0 aromatic carbocycles. The van der Waals surface area contributed by atoms with Crippen molar-refractivity contribution in [1.29, 1.82) is 0 Å². The number of aliphatic imine (C=N–C) groups is 1. The van der Waals surface area contributed by atoms with E-state index in [0.717, 1.165) is 5.70 Å². The summed E-state index contributed by atoms with van der Waals surface area (Å²) in [5.74, 6) is 3.28. The Kier molecular flexibility index (Phi) is 4.04. The maximum atomic E-state index is 4.63. The van der Waals surface area contributed by atoms with Crippen molar-refractivity contribution in [2.45, 2.75) is 62.3 Å². The molecule has 1 heterocycles. The molecule has 0 unspecified atom stereocenters. The highest BCUT2D eigenvalue weighted by Crippen LogP contribution is 2.37. The van der Waals surface area contributed by atoms with Crippen LogP contribution in [0.1, 0.15) is 62.3 Å². The van der Waals surface area contributed by atoms with Crippen LogP contribution in [0.2, 0.25) is 0 Å². The monoisotopic (exact) mass is 259 g/mol. The molecule has 1 heteroatoms. The molecule has 1 aliphatic rings. The van der Waals surface area contributed by atoms with E-state index < -0.39 is 0 Å². The molecule has 0 aliphatic carbocycles. The van der Waals surface area contributed by atoms with Crippen LogP contribution in [-0.4, -0.2) is 5.87 Å². The second kappa shape index (κ2) is 4.80. The van der Waals surface area contributed by atoms with Gasteiger partial charge in [-0.05, 0) is 34.4 Å². The smallest absolute Gasteiger partial charge is 0.0560 e. The first kappa shape index (κ1) is 16.0. The van der Waals surface area contributed by atoms with E-state index in [1.807, 2.05) is 0 Å². The third-order valence-electron chi connectivity index (χ3n) is 3.33. The van der Waals surface area contributed by atoms with Crippen LogP contribution in [0.4, 0.5) is 0 Å². The van der Waals surface area contributed by atoms with Gasteiger partial charge in [0.05, 0.1) is 5.70 Å². The van der Waals surface area contributed by atoms with Crippen molar-refractivity contribution < 1.29 is 0 Å². The average Bonchev–Trinajstić information content (AvgIpc) is 2.35. The third-order valence-corrected chi connectivity index (χ3v) is 3.33. The average molecular weight is 259 g/mol. The van der Waals surface area contributed by atoms with Gasteiger partial charge in [-0.1, -0.05) is 62.3 Å². The van der Waals surface area contributed by atoms with Gasteiger partial charge in [-0.3, -0.25) is 0 Å². The number of allylic oxidation sites excluding steroid dienone is 5. The van der Waals surface area contributed by atoms with Crippen LogP contribution in [0, 0.1) is 16.2 Å². The molecular formula is C18H29N. The van der Waals surface area contributed by atoms with Crippen molar-refractivity contribution in [3.8, 4) is 0 Å². The van der Waals surface area contributed by atoms with Crippen LogP contribution >= 0.6 is 0 Å². The van der Waals surface area contributed by atoms with Crippen molar-refractivity contribution in [1.82, 2.24) is 0 Å². The third kappa shape index (κ3) is 4.21. The van der Waals surface area contributed by atoms with Gasteiger partial charge in [-0.25, -0.2) is 4.99 Å². The minimum Gasteiger partial charge on any atom is -0.210 e. The Bertz CT molecular complexity index is 473. The van der Waals surface area contributed by atoms with E-state index in [-0.39, 0.29) is 16.2 Å². The summed E-state index contributed by atoms with van der Waals surface area (Å²) in [5, 5.41) is 0. The molecule has 1 nitrogen and oxygen atoms in total. The zero-order chi connectivity index (χ0) is 15.1. The molecule has 0 bridgehead atoms. The maximum Gasteiger partial charge on any atom is 0.0560 e. The molecule has 0 spiro atoms. The number of rotatable bonds is 0. The number of hydrogen-bond donors (Lipinski definition) is 0. The quantitative estimate of drug-likeness (QED) is 0.541. The number of nitrogens with zero attached hydrogens (tertiary/aromatic N) is 1. The van der Waals surface area contributed by atoms with Crippen LogP contribution < -0.4 is 0 Å². The highest BCUT2D eigenvalue weighted by atomic mass is 14.7. The summed E-state index contributed by atoms with van der Waals surface area (Å²) < 4.78 is 0. The van der Waals surface area contributed by atoms with Crippen molar-refractivity contribution >= 4 is 5.87 Å². The van der Waals surface area contributed by atoms with Crippen molar-refractivity contribution in [3.63, 3.8) is 0 Å². The fraction of sp³-hybridized carbons (Fsp3) is 0.667. The van der Waals surface area contributed by atoms with E-state index in [0.29, 0.717) is 0 Å². The Morgan fingerprint density at radius 2 is 1.26 bits per heavy atom. The summed E-state index contributed by atoms with van der Waals surface area (Å²) in [6, 6.07) is 0. The minimum absolute atomic E-state index is 0.0463. The molecule has 0 saturated heterocycles. The molecule has 0 amide bonds. The second-order valence-electron chi connectivity index (χ2n) is 8.52. The lowest BCUT2D eigenvalue weighted by molar-refractivity contribution is 0.485. The van der Waals surface area contributed by atoms with Gasteiger partial charge in [0, 0.05) is 11.0 Å². The highest BCUT2D eigenvalue weighted by Gasteiger charge is 2.25. The minimum atomic E-state index is 0.0463. The largest absolute Gasteiger partial charge is 0.210 e. The van der Waals surface area contributed by atoms with E-state index in [2.05, 4.69) is 85.3 Å². The molecule has 0 atom stereocenters. The lowest BCUT2D eigenvalue weighted by atomic mass is 9.79. The molecular weight excluding hydrogens is 230 g/mol. The lowest BCUT2D eigenvalue weighted by Gasteiger charge is -2.25. The molecule has 1 rings (SSSR count). The normalized spacial score (nSPS) is 17.6. The van der Waals surface area contributed by atoms with Crippen LogP contribution in [0.25, 0.3) is 0 Å². The van der Waals surface area contributed by atoms with Crippen LogP contribution in [0.3, 0.4) is 0 Å². The predicted octanol–water partition coefficient (Wildman–Crippen LogP) is 5.54. The van der Waals surface area contributed by atoms with Gasteiger partial charge in [0.1, 0.15) is 0 Å². The summed E-state index contributed by atoms with van der Waals surface area (Å²) in [5.41, 5.74) is 3.84. The molecule has 19 heavy (non-hydrogen) atoms. The Labute approximate surface area is 119 Å². The van der Waals surface area contributed by atoms with E-state index in [1.54, 1.807) is 0 Å². The lowest BCUT2D eigenvalue weighted by Crippen LogP contribution is -2.13. The zero-order valence-electron chi connectivity index (χ0n) is 14.1. The zero-order valence-corrected chi connectivity index (χ0v) is 14.1. The maximum absolute atomic E-state index is 4.63. The first-order valence-electron chi connectivity index (χ1n) is 7.10. The predicted molar refractivity (Wildman–Crippen MR) is 85.5 cm³/mol. The molecule has 0 aromatic rings. The highest BCUT2D eigenvalue weighted by molar-refractivity contribution is 5.68. The summed E-state index contributed by atoms with van der Waals surface area (Å²) in [6.45, 7) is 20.0. The summed E-state index contributed by atoms with van der Waals surface area (Å²) in [4.78, 5) is 4.63. The molecule has 0 aromatic heterocycles. The SMILES string of the molecule is CC(C)(C)C1=C=NC(C(C)(C)C)=CC(C(C)(C)C)=C1. The van der Waals surface area contributed by atoms with Gasteiger partial charge in [0.2, 0.25) is 0 Å². The van der Waals surface area contributed by atoms with Crippen LogP contribution in [-0.2, 0) is 0 Å². The standard InChI is InChI=1S/C18H29N/c1-16(2,3)13-10-14(17(4,5)6)12-19-15(11-13)18(7,8)9/h10-11H,1-9H3. The fourth-order valence-corrected chi connectivity index (χ4v) is 1.73. The fourth-order valence-electron chi connectivity index (χ4n) is 1.73. The van der Waals surface area contributed by atoms with Gasteiger partial charge in [0.25, 0.3) is 0 Å². The van der Waals surface area contributed by atoms with Crippen molar-refractivity contribution in [3.05, 3.63) is 29.0 Å². The van der Waals surface area contributed by atoms with E-state index in [1.165, 1.54) is 11.1 Å². The van der Waals surface area contributed by atoms with E-state index >= 15 is 0 Å². The van der Waals surface area contributed by atoms with Gasteiger partial charge in [-0.2, -0.15) is 0 Å². The molecule has 1 aliphatic heterocycles. The Morgan fingerprint density at radius 3 is 1.63 bits per heavy atom. The second-order valence-corrected chi connectivity index (χ2v) is 8.52. The van der Waals surface area contributed by atoms with Crippen molar-refractivity contribution in [2.75, 3.05) is 0 Å². The molecule has 0 radical (unpaired) electrons. The van der Waals surface area contributed by atoms with E-state index in [4.69, 9.17) is 0 Å². The molecule has 0 N–H and O–H groups in total. The summed E-state index contributed by atoms with van der Waals surface area (Å²) in [6.07, 6.45) is 4.51. The first-order chi connectivity index (χ1) is 8.32. The Morgan fingerprint density at radius 1 is 0.737 bits per heavy atom. The van der Waals surface area contributed by atoms with Gasteiger partial charge >= 0.3 is 0 Å². The Hall–Kier alpha value is -1.07. The van der Waals surface area contributed by atoms with Crippen LogP contribution in [0.15, 0.2) is 34.0 Å². The topological polar surface area (TPSA) is 12.4 Å². The molecule has 106 valence electrons. The van der Waals surface area contributed by atoms with Gasteiger partial charge in [0.15, 0.2) is 0 Å². The number of hydrogen-bond acceptors (Lipinski definition) is 1. The molecule has 0 saturated carbocycles. The van der Waals surface area contributed by atoms with Crippen molar-refractivity contribution in [2.24, 2.45) is 21.2 Å². The van der Waals surface area contributed by atoms with Gasteiger partial charge in [-0.15, -0.1) is 0 Å². The van der Waals surface area contributed by atoms with E-state index in [9.17, 15) is 0 Å². The van der Waals surface area contributed by atoms with Gasteiger partial charge < -0.3 is 0 Å². The molecule has 0 fully saturated rings. The summed E-state index contributed by atoms with van der Waals surface area (Å²) >= 11 is 0. The summed E-state index contributed by atoms with van der Waals surface area (Å²) in [7, 11) is 0.